The Morgan fingerprint density at radius 3 is 3.03 bits per heavy atom. The Morgan fingerprint density at radius 1 is 1.48 bits per heavy atom. The number of thioether (sulfide) groups is 1. The Morgan fingerprint density at radius 2 is 2.31 bits per heavy atom. The zero-order chi connectivity index (χ0) is 20.5. The molecule has 150 valence electrons. The number of hydrogen-bond acceptors (Lipinski definition) is 7. The standard InChI is InChI=1S/C20H21N5OS3/c1-11-4-5-14-15(8-21)19(29-16(14)6-11)22-17(26)10-28-20-24-23-18(25(20)3)13-7-12(2)27-9-13/h7,9,11H,4-6,10H2,1-3H3,(H,22,26). The number of carbonyl (C=O) groups excluding carboxylic acids is 1. The molecule has 0 saturated heterocycles. The minimum atomic E-state index is -0.130. The SMILES string of the molecule is Cc1cc(-c2nnc(SCC(=O)Nc3sc4c(c3C#N)CCC(C)C4)n2C)cs1. The van der Waals surface area contributed by atoms with Crippen molar-refractivity contribution in [3.8, 4) is 17.5 Å². The van der Waals surface area contributed by atoms with E-state index in [-0.39, 0.29) is 11.7 Å². The molecule has 0 radical (unpaired) electrons. The van der Waals surface area contributed by atoms with Crippen LogP contribution in [0.25, 0.3) is 11.4 Å². The van der Waals surface area contributed by atoms with E-state index >= 15 is 0 Å². The molecule has 0 bridgehead atoms. The molecule has 3 aromatic rings. The molecular formula is C20H21N5OS3. The van der Waals surface area contributed by atoms with Crippen molar-refractivity contribution in [1.82, 2.24) is 14.8 Å². The van der Waals surface area contributed by atoms with Crippen LogP contribution in [-0.4, -0.2) is 26.4 Å². The molecule has 0 aromatic carbocycles. The van der Waals surface area contributed by atoms with Gasteiger partial charge in [0.2, 0.25) is 5.91 Å². The molecule has 4 rings (SSSR count). The van der Waals surface area contributed by atoms with Gasteiger partial charge in [-0.25, -0.2) is 0 Å². The minimum Gasteiger partial charge on any atom is -0.316 e. The Labute approximate surface area is 182 Å². The third kappa shape index (κ3) is 4.10. The number of nitriles is 1. The van der Waals surface area contributed by atoms with E-state index in [2.05, 4.69) is 46.9 Å². The number of aromatic nitrogens is 3. The van der Waals surface area contributed by atoms with Gasteiger partial charge in [0.25, 0.3) is 0 Å². The van der Waals surface area contributed by atoms with Crippen molar-refractivity contribution in [2.45, 2.75) is 38.3 Å². The molecule has 1 unspecified atom stereocenters. The van der Waals surface area contributed by atoms with Crippen LogP contribution in [0.4, 0.5) is 5.00 Å². The van der Waals surface area contributed by atoms with Crippen molar-refractivity contribution in [3.63, 3.8) is 0 Å². The number of nitrogens with zero attached hydrogens (tertiary/aromatic N) is 4. The molecule has 9 heteroatoms. The highest BCUT2D eigenvalue weighted by Crippen LogP contribution is 2.39. The number of carbonyl (C=O) groups is 1. The van der Waals surface area contributed by atoms with Crippen molar-refractivity contribution in [1.29, 1.82) is 5.26 Å². The van der Waals surface area contributed by atoms with Gasteiger partial charge < -0.3 is 9.88 Å². The first-order valence-electron chi connectivity index (χ1n) is 9.38. The van der Waals surface area contributed by atoms with Crippen LogP contribution in [0.15, 0.2) is 16.6 Å². The predicted octanol–water partition coefficient (Wildman–Crippen LogP) is 4.64. The zero-order valence-electron chi connectivity index (χ0n) is 16.5. The van der Waals surface area contributed by atoms with Gasteiger partial charge in [-0.3, -0.25) is 4.79 Å². The van der Waals surface area contributed by atoms with Gasteiger partial charge in [-0.05, 0) is 43.7 Å². The van der Waals surface area contributed by atoms with Crippen LogP contribution in [0.2, 0.25) is 0 Å². The summed E-state index contributed by atoms with van der Waals surface area (Å²) in [5, 5.41) is 24.5. The van der Waals surface area contributed by atoms with E-state index in [1.165, 1.54) is 21.5 Å². The van der Waals surface area contributed by atoms with Gasteiger partial charge in [-0.2, -0.15) is 5.26 Å². The third-order valence-electron chi connectivity index (χ3n) is 5.03. The molecule has 6 nitrogen and oxygen atoms in total. The second-order valence-electron chi connectivity index (χ2n) is 7.32. The van der Waals surface area contributed by atoms with E-state index in [1.807, 2.05) is 11.6 Å². The Balaban J connectivity index is 1.43. The molecule has 1 N–H and O–H groups in total. The number of aryl methyl sites for hydroxylation is 1. The molecule has 1 aliphatic rings. The molecule has 29 heavy (non-hydrogen) atoms. The molecule has 1 amide bonds. The lowest BCUT2D eigenvalue weighted by Gasteiger charge is -2.17. The number of fused-ring (bicyclic) bond motifs is 1. The summed E-state index contributed by atoms with van der Waals surface area (Å²) in [7, 11) is 1.91. The lowest BCUT2D eigenvalue weighted by Crippen LogP contribution is -2.14. The van der Waals surface area contributed by atoms with Gasteiger partial charge in [0.05, 0.1) is 11.3 Å². The molecule has 3 heterocycles. The van der Waals surface area contributed by atoms with E-state index in [4.69, 9.17) is 0 Å². The fraction of sp³-hybridized carbons (Fsp3) is 0.400. The van der Waals surface area contributed by atoms with E-state index in [0.29, 0.717) is 21.6 Å². The van der Waals surface area contributed by atoms with Gasteiger partial charge >= 0.3 is 0 Å². The summed E-state index contributed by atoms with van der Waals surface area (Å²) in [6, 6.07) is 4.38. The average Bonchev–Trinajstić information content (AvgIpc) is 3.36. The number of hydrogen-bond donors (Lipinski definition) is 1. The summed E-state index contributed by atoms with van der Waals surface area (Å²) >= 11 is 4.57. The molecule has 1 atom stereocenters. The van der Waals surface area contributed by atoms with Crippen LogP contribution < -0.4 is 5.32 Å². The van der Waals surface area contributed by atoms with E-state index in [1.54, 1.807) is 22.7 Å². The summed E-state index contributed by atoms with van der Waals surface area (Å²) in [5.74, 6) is 1.51. The Bertz CT molecular complexity index is 1100. The molecule has 1 aliphatic carbocycles. The Kier molecular flexibility index (Phi) is 5.76. The van der Waals surface area contributed by atoms with Crippen LogP contribution in [0.3, 0.4) is 0 Å². The molecule has 3 aromatic heterocycles. The minimum absolute atomic E-state index is 0.130. The largest absolute Gasteiger partial charge is 0.316 e. The number of amides is 1. The lowest BCUT2D eigenvalue weighted by molar-refractivity contribution is -0.113. The fourth-order valence-electron chi connectivity index (χ4n) is 3.50. The molecule has 0 aliphatic heterocycles. The fourth-order valence-corrected chi connectivity index (χ4v) is 6.27. The smallest absolute Gasteiger partial charge is 0.235 e. The van der Waals surface area contributed by atoms with Crippen molar-refractivity contribution >= 4 is 45.3 Å². The van der Waals surface area contributed by atoms with Crippen LogP contribution in [0.1, 0.15) is 34.2 Å². The van der Waals surface area contributed by atoms with Crippen molar-refractivity contribution < 1.29 is 4.79 Å². The number of anilines is 1. The molecule has 0 saturated carbocycles. The summed E-state index contributed by atoms with van der Waals surface area (Å²) in [6.45, 7) is 4.29. The van der Waals surface area contributed by atoms with Gasteiger partial charge in [0.1, 0.15) is 11.1 Å². The van der Waals surface area contributed by atoms with Crippen molar-refractivity contribution in [2.24, 2.45) is 13.0 Å². The van der Waals surface area contributed by atoms with Crippen molar-refractivity contribution in [2.75, 3.05) is 11.1 Å². The normalized spacial score (nSPS) is 15.7. The maximum Gasteiger partial charge on any atom is 0.235 e. The summed E-state index contributed by atoms with van der Waals surface area (Å²) < 4.78 is 1.91. The van der Waals surface area contributed by atoms with E-state index in [0.717, 1.165) is 36.2 Å². The first kappa shape index (κ1) is 20.1. The van der Waals surface area contributed by atoms with E-state index in [9.17, 15) is 10.1 Å². The molecule has 0 spiro atoms. The molecular weight excluding hydrogens is 422 g/mol. The van der Waals surface area contributed by atoms with Crippen molar-refractivity contribution in [3.05, 3.63) is 32.3 Å². The highest BCUT2D eigenvalue weighted by atomic mass is 32.2. The average molecular weight is 444 g/mol. The summed E-state index contributed by atoms with van der Waals surface area (Å²) in [6.07, 6.45) is 3.01. The number of nitrogens with one attached hydrogen (secondary N) is 1. The van der Waals surface area contributed by atoms with Crippen LogP contribution in [-0.2, 0) is 24.7 Å². The third-order valence-corrected chi connectivity index (χ3v) is 8.08. The van der Waals surface area contributed by atoms with Crippen LogP contribution in [0, 0.1) is 24.2 Å². The highest BCUT2D eigenvalue weighted by Gasteiger charge is 2.24. The summed E-state index contributed by atoms with van der Waals surface area (Å²) in [5.41, 5.74) is 2.81. The Hall–Kier alpha value is -2.15. The highest BCUT2D eigenvalue weighted by molar-refractivity contribution is 7.99. The maximum atomic E-state index is 12.5. The maximum absolute atomic E-state index is 12.5. The topological polar surface area (TPSA) is 83.6 Å². The second-order valence-corrected chi connectivity index (χ2v) is 10.5. The van der Waals surface area contributed by atoms with E-state index < -0.39 is 0 Å². The second kappa shape index (κ2) is 8.30. The van der Waals surface area contributed by atoms with Gasteiger partial charge in [0, 0.05) is 27.7 Å². The van der Waals surface area contributed by atoms with Crippen LogP contribution in [0.5, 0.6) is 0 Å². The zero-order valence-corrected chi connectivity index (χ0v) is 18.9. The van der Waals surface area contributed by atoms with Crippen LogP contribution >= 0.6 is 34.4 Å². The lowest BCUT2D eigenvalue weighted by atomic mass is 9.89. The quantitative estimate of drug-likeness (QED) is 0.581. The monoisotopic (exact) mass is 443 g/mol. The van der Waals surface area contributed by atoms with Gasteiger partial charge in [-0.1, -0.05) is 18.7 Å². The number of thiophene rings is 2. The van der Waals surface area contributed by atoms with Gasteiger partial charge in [-0.15, -0.1) is 32.9 Å². The summed E-state index contributed by atoms with van der Waals surface area (Å²) in [4.78, 5) is 15.0. The predicted molar refractivity (Wildman–Crippen MR) is 119 cm³/mol. The molecule has 0 fully saturated rings. The van der Waals surface area contributed by atoms with Gasteiger partial charge in [0.15, 0.2) is 11.0 Å². The first-order chi connectivity index (χ1) is 14.0. The first-order valence-corrected chi connectivity index (χ1v) is 12.1. The number of rotatable bonds is 5.